The quantitative estimate of drug-likeness (QED) is 0.425. The van der Waals surface area contributed by atoms with Crippen LogP contribution in [0.2, 0.25) is 0 Å². The van der Waals surface area contributed by atoms with E-state index in [-0.39, 0.29) is 12.4 Å². The van der Waals surface area contributed by atoms with Crippen LogP contribution in [0, 0.1) is 0 Å². The molecule has 2 aromatic rings. The molecule has 0 spiro atoms. The van der Waals surface area contributed by atoms with Gasteiger partial charge in [0.25, 0.3) is 0 Å². The Labute approximate surface area is 175 Å². The summed E-state index contributed by atoms with van der Waals surface area (Å²) >= 11 is 0. The molecule has 11 nitrogen and oxygen atoms in total. The highest BCUT2D eigenvalue weighted by Crippen LogP contribution is 2.31. The van der Waals surface area contributed by atoms with Crippen LogP contribution in [-0.2, 0) is 14.9 Å². The van der Waals surface area contributed by atoms with E-state index in [2.05, 4.69) is 29.7 Å². The van der Waals surface area contributed by atoms with Crippen LogP contribution in [0.5, 0.6) is 5.75 Å². The summed E-state index contributed by atoms with van der Waals surface area (Å²) in [7, 11) is -2.22. The highest BCUT2D eigenvalue weighted by Gasteiger charge is 2.26. The Morgan fingerprint density at radius 1 is 1.27 bits per heavy atom. The van der Waals surface area contributed by atoms with Crippen molar-refractivity contribution in [3.63, 3.8) is 0 Å². The molecule has 1 aliphatic heterocycles. The third-order valence-electron chi connectivity index (χ3n) is 4.04. The molecule has 30 heavy (non-hydrogen) atoms. The minimum absolute atomic E-state index is 0.118. The maximum Gasteiger partial charge on any atom is 0.344 e. The molecule has 2 heterocycles. The van der Waals surface area contributed by atoms with Crippen LogP contribution >= 0.6 is 0 Å². The number of nitrogens with zero attached hydrogens (tertiary/aromatic N) is 3. The van der Waals surface area contributed by atoms with Gasteiger partial charge in [-0.3, -0.25) is 4.72 Å². The van der Waals surface area contributed by atoms with Crippen LogP contribution in [0.1, 0.15) is 19.4 Å². The molecular weight excluding hydrogens is 410 g/mol. The van der Waals surface area contributed by atoms with Crippen molar-refractivity contribution in [2.24, 2.45) is 10.1 Å². The predicted octanol–water partition coefficient (Wildman–Crippen LogP) is 1.18. The van der Waals surface area contributed by atoms with Crippen molar-refractivity contribution in [3.05, 3.63) is 36.0 Å². The van der Waals surface area contributed by atoms with Crippen molar-refractivity contribution in [2.45, 2.75) is 19.4 Å². The molecule has 0 amide bonds. The summed E-state index contributed by atoms with van der Waals surface area (Å²) in [5.41, 5.74) is 6.08. The molecular formula is C18H25N7O4S. The largest absolute Gasteiger partial charge is 0.490 e. The molecule has 0 fully saturated rings. The zero-order valence-electron chi connectivity index (χ0n) is 17.0. The first kappa shape index (κ1) is 21.6. The normalized spacial score (nSPS) is 14.8. The Bertz CT molecular complexity index is 1040. The lowest BCUT2D eigenvalue weighted by Gasteiger charge is -2.28. The summed E-state index contributed by atoms with van der Waals surface area (Å²) in [6.07, 6.45) is 1.65. The van der Waals surface area contributed by atoms with Crippen molar-refractivity contribution < 1.29 is 17.9 Å². The second-order valence-electron chi connectivity index (χ2n) is 7.21. The highest BCUT2D eigenvalue weighted by atomic mass is 32.2. The van der Waals surface area contributed by atoms with Crippen molar-refractivity contribution in [1.29, 1.82) is 0 Å². The van der Waals surface area contributed by atoms with Gasteiger partial charge in [0.05, 0.1) is 23.4 Å². The lowest BCUT2D eigenvalue weighted by Crippen LogP contribution is -2.38. The molecule has 5 N–H and O–H groups in total. The second kappa shape index (κ2) is 8.71. The summed E-state index contributed by atoms with van der Waals surface area (Å²) in [6, 6.07) is 6.74. The molecule has 0 radical (unpaired) electrons. The van der Waals surface area contributed by atoms with Gasteiger partial charge in [0.1, 0.15) is 18.2 Å². The van der Waals surface area contributed by atoms with E-state index in [4.69, 9.17) is 15.2 Å². The van der Waals surface area contributed by atoms with Gasteiger partial charge in [0.2, 0.25) is 5.95 Å². The van der Waals surface area contributed by atoms with Crippen LogP contribution in [0.15, 0.2) is 34.9 Å². The number of hydrogen-bond acceptors (Lipinski definition) is 9. The van der Waals surface area contributed by atoms with Gasteiger partial charge in [0.15, 0.2) is 5.84 Å². The van der Waals surface area contributed by atoms with Crippen molar-refractivity contribution in [1.82, 2.24) is 9.97 Å². The Morgan fingerprint density at radius 3 is 2.83 bits per heavy atom. The second-order valence-corrected chi connectivity index (χ2v) is 8.55. The van der Waals surface area contributed by atoms with Gasteiger partial charge in [-0.25, -0.2) is 4.98 Å². The number of nitrogens with one attached hydrogen (secondary N) is 3. The van der Waals surface area contributed by atoms with E-state index in [0.717, 1.165) is 0 Å². The topological polar surface area (TPSA) is 153 Å². The molecule has 0 unspecified atom stereocenters. The van der Waals surface area contributed by atoms with Crippen LogP contribution in [-0.4, -0.2) is 56.6 Å². The molecule has 0 saturated heterocycles. The van der Waals surface area contributed by atoms with Crippen molar-refractivity contribution in [2.75, 3.05) is 42.2 Å². The van der Waals surface area contributed by atoms with E-state index in [0.29, 0.717) is 41.9 Å². The van der Waals surface area contributed by atoms with Crippen LogP contribution < -0.4 is 25.8 Å². The predicted molar refractivity (Wildman–Crippen MR) is 115 cm³/mol. The number of anilines is 3. The number of amidine groups is 1. The number of ether oxygens (including phenoxy) is 2. The molecule has 0 bridgehead atoms. The van der Waals surface area contributed by atoms with Gasteiger partial charge in [0, 0.05) is 19.9 Å². The minimum atomic E-state index is -3.84. The van der Waals surface area contributed by atoms with Crippen molar-refractivity contribution >= 4 is 33.5 Å². The SMILES string of the molecule is COCCNc1nccc(NC(C)(C)COc2cccc3c2C(N)=NS(=O)(=O)N3)n1. The van der Waals surface area contributed by atoms with Gasteiger partial charge in [-0.1, -0.05) is 6.07 Å². The third kappa shape index (κ3) is 5.48. The Kier molecular flexibility index (Phi) is 6.27. The monoisotopic (exact) mass is 435 g/mol. The van der Waals surface area contributed by atoms with Gasteiger partial charge in [-0.2, -0.15) is 13.4 Å². The van der Waals surface area contributed by atoms with Crippen LogP contribution in [0.4, 0.5) is 17.5 Å². The van der Waals surface area contributed by atoms with E-state index in [1.54, 1.807) is 37.6 Å². The van der Waals surface area contributed by atoms with Crippen molar-refractivity contribution in [3.8, 4) is 5.75 Å². The molecule has 0 atom stereocenters. The number of hydrogen-bond donors (Lipinski definition) is 4. The Balaban J connectivity index is 1.69. The molecule has 1 aromatic carbocycles. The van der Waals surface area contributed by atoms with E-state index in [9.17, 15) is 8.42 Å². The minimum Gasteiger partial charge on any atom is -0.490 e. The lowest BCUT2D eigenvalue weighted by molar-refractivity contribution is 0.210. The molecule has 0 aliphatic carbocycles. The number of aromatic nitrogens is 2. The first-order valence-corrected chi connectivity index (χ1v) is 10.6. The van der Waals surface area contributed by atoms with E-state index in [1.165, 1.54) is 0 Å². The Hall–Kier alpha value is -3.12. The Morgan fingerprint density at radius 2 is 2.07 bits per heavy atom. The average Bonchev–Trinajstić information content (AvgIpc) is 2.65. The van der Waals surface area contributed by atoms with Crippen LogP contribution in [0.25, 0.3) is 0 Å². The fourth-order valence-corrected chi connectivity index (χ4v) is 3.60. The zero-order valence-corrected chi connectivity index (χ0v) is 17.8. The fraction of sp³-hybridized carbons (Fsp3) is 0.389. The average molecular weight is 436 g/mol. The molecule has 1 aromatic heterocycles. The first-order chi connectivity index (χ1) is 14.2. The molecule has 1 aliphatic rings. The maximum absolute atomic E-state index is 11.7. The first-order valence-electron chi connectivity index (χ1n) is 9.17. The summed E-state index contributed by atoms with van der Waals surface area (Å²) in [4.78, 5) is 8.59. The zero-order chi connectivity index (χ0) is 21.8. The summed E-state index contributed by atoms with van der Waals surface area (Å²) < 4.78 is 40.2. The van der Waals surface area contributed by atoms with Gasteiger partial charge >= 0.3 is 10.2 Å². The van der Waals surface area contributed by atoms with E-state index >= 15 is 0 Å². The molecule has 162 valence electrons. The number of rotatable bonds is 9. The van der Waals surface area contributed by atoms with Crippen LogP contribution in [0.3, 0.4) is 0 Å². The van der Waals surface area contributed by atoms with Gasteiger partial charge in [-0.15, -0.1) is 4.40 Å². The third-order valence-corrected chi connectivity index (χ3v) is 4.95. The van der Waals surface area contributed by atoms with Gasteiger partial charge < -0.3 is 25.8 Å². The van der Waals surface area contributed by atoms with Gasteiger partial charge in [-0.05, 0) is 32.0 Å². The summed E-state index contributed by atoms with van der Waals surface area (Å²) in [5, 5.41) is 6.38. The number of fused-ring (bicyclic) bond motifs is 1. The smallest absolute Gasteiger partial charge is 0.344 e. The molecule has 0 saturated carbocycles. The number of methoxy groups -OCH3 is 1. The fourth-order valence-electron chi connectivity index (χ4n) is 2.76. The molecule has 12 heteroatoms. The van der Waals surface area contributed by atoms with E-state index < -0.39 is 15.7 Å². The number of benzene rings is 1. The maximum atomic E-state index is 11.7. The number of nitrogens with two attached hydrogens (primary N) is 1. The summed E-state index contributed by atoms with van der Waals surface area (Å²) in [6.45, 7) is 5.29. The standard InChI is InChI=1S/C18H25N7O4S/c1-18(2,23-14-7-8-20-17(22-14)21-9-10-28-3)11-29-13-6-4-5-12-15(13)16(19)25-30(26,27)24-12/h4-8,24H,9-11H2,1-3H3,(H2,19,25)(H2,20,21,22,23). The lowest BCUT2D eigenvalue weighted by atomic mass is 10.1. The molecule has 3 rings (SSSR count). The summed E-state index contributed by atoms with van der Waals surface area (Å²) in [5.74, 6) is 1.42. The van der Waals surface area contributed by atoms with E-state index in [1.807, 2.05) is 13.8 Å². The highest BCUT2D eigenvalue weighted by molar-refractivity contribution is 7.91.